The number of nitrogens with one attached hydrogen (secondary N) is 1. The topological polar surface area (TPSA) is 102 Å². The highest BCUT2D eigenvalue weighted by Crippen LogP contribution is 2.40. The Balaban J connectivity index is 1.74. The molecule has 0 atom stereocenters. The summed E-state index contributed by atoms with van der Waals surface area (Å²) >= 11 is 0. The van der Waals surface area contributed by atoms with Crippen LogP contribution in [0.25, 0.3) is 11.0 Å². The molecule has 1 fully saturated rings. The Morgan fingerprint density at radius 1 is 1.29 bits per heavy atom. The Hall–Kier alpha value is -3.16. The van der Waals surface area contributed by atoms with E-state index in [1.165, 1.54) is 10.9 Å². The summed E-state index contributed by atoms with van der Waals surface area (Å²) < 4.78 is 3.76. The van der Waals surface area contributed by atoms with E-state index in [4.69, 9.17) is 0 Å². The van der Waals surface area contributed by atoms with Crippen molar-refractivity contribution in [2.24, 2.45) is 5.92 Å². The second-order valence-electron chi connectivity index (χ2n) is 8.98. The minimum Gasteiger partial charge on any atom is -0.503 e. The van der Waals surface area contributed by atoms with Gasteiger partial charge in [0.15, 0.2) is 11.4 Å². The highest BCUT2D eigenvalue weighted by molar-refractivity contribution is 5.92. The average molecular weight is 424 g/mol. The second-order valence-corrected chi connectivity index (χ2v) is 8.98. The Morgan fingerprint density at radius 3 is 2.74 bits per heavy atom. The van der Waals surface area contributed by atoms with Gasteiger partial charge in [-0.15, -0.1) is 0 Å². The zero-order valence-electron chi connectivity index (χ0n) is 18.3. The first kappa shape index (κ1) is 21.1. The lowest BCUT2D eigenvalue weighted by atomic mass is 9.97. The molecule has 164 valence electrons. The van der Waals surface area contributed by atoms with E-state index in [-0.39, 0.29) is 17.2 Å². The van der Waals surface area contributed by atoms with Crippen LogP contribution < -0.4 is 10.7 Å². The fourth-order valence-electron chi connectivity index (χ4n) is 4.53. The molecule has 0 spiro atoms. The maximum atomic E-state index is 12.5. The van der Waals surface area contributed by atoms with Gasteiger partial charge < -0.3 is 15.0 Å². The van der Waals surface area contributed by atoms with Crippen LogP contribution in [0.15, 0.2) is 35.5 Å². The molecule has 4 rings (SSSR count). The molecule has 1 amide bonds. The first-order valence-electron chi connectivity index (χ1n) is 10.8. The smallest absolute Gasteiger partial charge is 0.275 e. The predicted octanol–water partition coefficient (Wildman–Crippen LogP) is 2.96. The van der Waals surface area contributed by atoms with E-state index >= 15 is 0 Å². The van der Waals surface area contributed by atoms with Gasteiger partial charge >= 0.3 is 0 Å². The van der Waals surface area contributed by atoms with Gasteiger partial charge in [0.2, 0.25) is 0 Å². The first-order chi connectivity index (χ1) is 14.8. The lowest BCUT2D eigenvalue weighted by Gasteiger charge is -2.32. The number of nitrogens with zero attached hydrogens (tertiary/aromatic N) is 4. The van der Waals surface area contributed by atoms with E-state index in [1.807, 2.05) is 19.9 Å². The van der Waals surface area contributed by atoms with Crippen LogP contribution in [-0.2, 0) is 12.1 Å². The monoisotopic (exact) mass is 423 g/mol. The van der Waals surface area contributed by atoms with Crippen molar-refractivity contribution in [2.45, 2.75) is 58.5 Å². The van der Waals surface area contributed by atoms with Gasteiger partial charge in [0.25, 0.3) is 11.3 Å². The van der Waals surface area contributed by atoms with Gasteiger partial charge in [0.1, 0.15) is 5.65 Å². The number of aromatic hydroxyl groups is 1. The first-order valence-corrected chi connectivity index (χ1v) is 10.8. The van der Waals surface area contributed by atoms with Gasteiger partial charge in [-0.1, -0.05) is 26.7 Å². The molecule has 1 saturated carbocycles. The quantitative estimate of drug-likeness (QED) is 0.635. The Labute approximate surface area is 180 Å². The number of rotatable bonds is 6. The van der Waals surface area contributed by atoms with E-state index in [2.05, 4.69) is 39.2 Å². The maximum Gasteiger partial charge on any atom is 0.275 e. The predicted molar refractivity (Wildman–Crippen MR) is 118 cm³/mol. The Morgan fingerprint density at radius 2 is 2.03 bits per heavy atom. The van der Waals surface area contributed by atoms with Gasteiger partial charge in [-0.3, -0.25) is 14.3 Å². The minimum atomic E-state index is -0.748. The normalized spacial score (nSPS) is 15.6. The summed E-state index contributed by atoms with van der Waals surface area (Å²) in [7, 11) is 0. The molecular formula is C23H29N5O3. The zero-order valence-corrected chi connectivity index (χ0v) is 18.3. The van der Waals surface area contributed by atoms with E-state index in [9.17, 15) is 14.7 Å². The largest absolute Gasteiger partial charge is 0.503 e. The number of hydrogen-bond donors (Lipinski definition) is 2. The van der Waals surface area contributed by atoms with Crippen molar-refractivity contribution < 1.29 is 9.90 Å². The van der Waals surface area contributed by atoms with Crippen molar-refractivity contribution in [3.8, 4) is 5.75 Å². The standard InChI is InChI=1S/C23H29N5O3/c1-15(2)11-25-22(31)19-20(30)18(29)13-27(26-19)14-23(8-4-5-9-23)28-12-16(3)17-7-6-10-24-21(17)28/h6-7,10,12-13,15,29H,4-5,8-9,11,14H2,1-3H3,(H,25,31). The molecule has 31 heavy (non-hydrogen) atoms. The maximum absolute atomic E-state index is 12.5. The number of amides is 1. The lowest BCUT2D eigenvalue weighted by molar-refractivity contribution is 0.0938. The number of aryl methyl sites for hydroxylation is 1. The molecule has 3 aromatic rings. The van der Waals surface area contributed by atoms with Crippen molar-refractivity contribution in [3.63, 3.8) is 0 Å². The van der Waals surface area contributed by atoms with Crippen LogP contribution in [0.2, 0.25) is 0 Å². The average Bonchev–Trinajstić information content (AvgIpc) is 3.34. The summed E-state index contributed by atoms with van der Waals surface area (Å²) in [5.41, 5.74) is 0.754. The molecule has 0 saturated heterocycles. The summed E-state index contributed by atoms with van der Waals surface area (Å²) in [6.07, 6.45) is 9.24. The van der Waals surface area contributed by atoms with Gasteiger partial charge in [0.05, 0.1) is 18.3 Å². The molecule has 2 N–H and O–H groups in total. The number of fused-ring (bicyclic) bond motifs is 1. The summed E-state index contributed by atoms with van der Waals surface area (Å²) in [6.45, 7) is 6.88. The fourth-order valence-corrected chi connectivity index (χ4v) is 4.53. The molecule has 0 unspecified atom stereocenters. The van der Waals surface area contributed by atoms with Crippen LogP contribution in [0.4, 0.5) is 0 Å². The molecule has 8 heteroatoms. The Bertz CT molecular complexity index is 1170. The number of carbonyl (C=O) groups is 1. The van der Waals surface area contributed by atoms with E-state index in [1.54, 1.807) is 6.20 Å². The van der Waals surface area contributed by atoms with Crippen LogP contribution in [0.1, 0.15) is 55.6 Å². The number of pyridine rings is 1. The molecule has 0 aliphatic heterocycles. The molecule has 8 nitrogen and oxygen atoms in total. The Kier molecular flexibility index (Phi) is 5.56. The SMILES string of the molecule is Cc1cn(C2(Cn3cc(O)c(=O)c(C(=O)NCC(C)C)n3)CCCC2)c2ncccc12. The van der Waals surface area contributed by atoms with Crippen LogP contribution in [0.3, 0.4) is 0 Å². The third-order valence-electron chi connectivity index (χ3n) is 6.10. The molecule has 3 heterocycles. The van der Waals surface area contributed by atoms with E-state index in [0.29, 0.717) is 13.1 Å². The number of hydrogen-bond acceptors (Lipinski definition) is 5. The number of carbonyl (C=O) groups excluding carboxylic acids is 1. The van der Waals surface area contributed by atoms with Gasteiger partial charge in [0, 0.05) is 24.3 Å². The molecule has 1 aliphatic rings. The van der Waals surface area contributed by atoms with Gasteiger partial charge in [-0.2, -0.15) is 5.10 Å². The van der Waals surface area contributed by atoms with Crippen LogP contribution in [0.5, 0.6) is 5.75 Å². The number of aromatic nitrogens is 4. The van der Waals surface area contributed by atoms with Crippen molar-refractivity contribution >= 4 is 16.9 Å². The third kappa shape index (κ3) is 3.94. The lowest BCUT2D eigenvalue weighted by Crippen LogP contribution is -2.38. The summed E-state index contributed by atoms with van der Waals surface area (Å²) in [6, 6.07) is 4.00. The van der Waals surface area contributed by atoms with Crippen molar-refractivity contribution in [1.29, 1.82) is 0 Å². The van der Waals surface area contributed by atoms with Gasteiger partial charge in [-0.25, -0.2) is 4.98 Å². The van der Waals surface area contributed by atoms with E-state index in [0.717, 1.165) is 42.3 Å². The fraction of sp³-hybridized carbons (Fsp3) is 0.478. The molecule has 0 radical (unpaired) electrons. The molecule has 3 aromatic heterocycles. The van der Waals surface area contributed by atoms with Crippen LogP contribution in [0, 0.1) is 12.8 Å². The van der Waals surface area contributed by atoms with Crippen LogP contribution in [-0.4, -0.2) is 36.9 Å². The third-order valence-corrected chi connectivity index (χ3v) is 6.10. The van der Waals surface area contributed by atoms with Crippen molar-refractivity contribution in [2.75, 3.05) is 6.54 Å². The zero-order chi connectivity index (χ0) is 22.2. The second kappa shape index (κ2) is 8.17. The summed E-state index contributed by atoms with van der Waals surface area (Å²) in [5, 5.41) is 18.4. The van der Waals surface area contributed by atoms with Crippen molar-refractivity contribution in [3.05, 3.63) is 52.2 Å². The van der Waals surface area contributed by atoms with Crippen molar-refractivity contribution in [1.82, 2.24) is 24.6 Å². The molecule has 0 aromatic carbocycles. The van der Waals surface area contributed by atoms with Crippen LogP contribution >= 0.6 is 0 Å². The highest BCUT2D eigenvalue weighted by atomic mass is 16.3. The highest BCUT2D eigenvalue weighted by Gasteiger charge is 2.38. The minimum absolute atomic E-state index is 0.239. The van der Waals surface area contributed by atoms with Gasteiger partial charge in [-0.05, 0) is 43.4 Å². The van der Waals surface area contributed by atoms with E-state index < -0.39 is 17.1 Å². The molecular weight excluding hydrogens is 394 g/mol. The summed E-state index contributed by atoms with van der Waals surface area (Å²) in [4.78, 5) is 29.5. The molecule has 0 bridgehead atoms. The molecule has 1 aliphatic carbocycles. The summed E-state index contributed by atoms with van der Waals surface area (Å²) in [5.74, 6) is -0.791.